The smallest absolute Gasteiger partial charge is 0.326 e. The molecule has 0 fully saturated rings. The average molecular weight is 426 g/mol. The number of ether oxygens (including phenoxy) is 1. The highest BCUT2D eigenvalue weighted by molar-refractivity contribution is 7.90. The first-order chi connectivity index (χ1) is 13.2. The largest absolute Gasteiger partial charge is 0.465 e. The van der Waals surface area contributed by atoms with Crippen LogP contribution in [0.2, 0.25) is 0 Å². The lowest BCUT2D eigenvalue weighted by Crippen LogP contribution is -2.23. The summed E-state index contributed by atoms with van der Waals surface area (Å²) in [5.74, 6) is -2.44. The summed E-state index contributed by atoms with van der Waals surface area (Å²) in [7, 11) is -4.13. The van der Waals surface area contributed by atoms with E-state index in [2.05, 4.69) is 4.40 Å². The molecule has 6 nitrogen and oxygen atoms in total. The van der Waals surface area contributed by atoms with Gasteiger partial charge in [0, 0.05) is 6.07 Å². The Morgan fingerprint density at radius 3 is 2.54 bits per heavy atom. The van der Waals surface area contributed by atoms with Crippen molar-refractivity contribution in [3.63, 3.8) is 0 Å². The third-order valence-electron chi connectivity index (χ3n) is 3.80. The Morgan fingerprint density at radius 2 is 1.89 bits per heavy atom. The van der Waals surface area contributed by atoms with Gasteiger partial charge in [-0.1, -0.05) is 29.0 Å². The Morgan fingerprint density at radius 1 is 1.21 bits per heavy atom. The predicted octanol–water partition coefficient (Wildman–Crippen LogP) is 3.14. The first-order valence-corrected chi connectivity index (χ1v) is 10.5. The molecule has 0 N–H and O–H groups in total. The summed E-state index contributed by atoms with van der Waals surface area (Å²) in [5, 5.41) is 0. The van der Waals surface area contributed by atoms with Crippen LogP contribution < -0.4 is 4.80 Å². The van der Waals surface area contributed by atoms with Crippen molar-refractivity contribution in [2.75, 3.05) is 6.61 Å². The van der Waals surface area contributed by atoms with Gasteiger partial charge in [0.05, 0.1) is 21.7 Å². The van der Waals surface area contributed by atoms with Gasteiger partial charge in [-0.25, -0.2) is 8.78 Å². The van der Waals surface area contributed by atoms with E-state index < -0.39 is 34.2 Å². The van der Waals surface area contributed by atoms with Crippen LogP contribution in [0.3, 0.4) is 0 Å². The van der Waals surface area contributed by atoms with E-state index in [9.17, 15) is 22.0 Å². The highest BCUT2D eigenvalue weighted by atomic mass is 32.2. The van der Waals surface area contributed by atoms with Gasteiger partial charge in [0.2, 0.25) is 4.80 Å². The van der Waals surface area contributed by atoms with E-state index >= 15 is 0 Å². The second kappa shape index (κ2) is 7.80. The first kappa shape index (κ1) is 20.2. The lowest BCUT2D eigenvalue weighted by Gasteiger charge is -2.06. The SMILES string of the molecule is CCOC(=O)Cn1/c(=N/S(=O)(=O)c2ccc(C)cc2)sc2cc(F)cc(F)c21. The van der Waals surface area contributed by atoms with Crippen molar-refractivity contribution in [2.24, 2.45) is 4.40 Å². The second-order valence-corrected chi connectivity index (χ2v) is 8.50. The van der Waals surface area contributed by atoms with E-state index in [1.54, 1.807) is 19.1 Å². The number of hydrogen-bond acceptors (Lipinski definition) is 5. The number of aryl methyl sites for hydroxylation is 1. The number of fused-ring (bicyclic) bond motifs is 1. The maximum Gasteiger partial charge on any atom is 0.326 e. The van der Waals surface area contributed by atoms with Gasteiger partial charge in [-0.05, 0) is 32.0 Å². The highest BCUT2D eigenvalue weighted by Gasteiger charge is 2.19. The van der Waals surface area contributed by atoms with E-state index in [4.69, 9.17) is 4.74 Å². The van der Waals surface area contributed by atoms with E-state index in [0.29, 0.717) is 6.07 Å². The van der Waals surface area contributed by atoms with Gasteiger partial charge in [-0.3, -0.25) is 4.79 Å². The van der Waals surface area contributed by atoms with Gasteiger partial charge in [-0.2, -0.15) is 8.42 Å². The average Bonchev–Trinajstić information content (AvgIpc) is 2.91. The van der Waals surface area contributed by atoms with Crippen LogP contribution in [0.25, 0.3) is 10.2 Å². The molecule has 0 spiro atoms. The molecule has 0 amide bonds. The highest BCUT2D eigenvalue weighted by Crippen LogP contribution is 2.23. The number of thiazole rings is 1. The molecule has 0 saturated carbocycles. The normalized spacial score (nSPS) is 12.5. The van der Waals surface area contributed by atoms with Gasteiger partial charge >= 0.3 is 5.97 Å². The molecule has 0 unspecified atom stereocenters. The van der Waals surface area contributed by atoms with Gasteiger partial charge < -0.3 is 9.30 Å². The fourth-order valence-corrected chi connectivity index (χ4v) is 4.82. The van der Waals surface area contributed by atoms with Gasteiger partial charge in [0.25, 0.3) is 10.0 Å². The van der Waals surface area contributed by atoms with Crippen LogP contribution in [0.4, 0.5) is 8.78 Å². The molecule has 1 aromatic heterocycles. The zero-order valence-corrected chi connectivity index (χ0v) is 16.6. The molecule has 28 heavy (non-hydrogen) atoms. The lowest BCUT2D eigenvalue weighted by atomic mass is 10.2. The zero-order valence-electron chi connectivity index (χ0n) is 15.0. The number of halogens is 2. The number of carbonyl (C=O) groups excluding carboxylic acids is 1. The number of hydrogen-bond donors (Lipinski definition) is 0. The zero-order chi connectivity index (χ0) is 20.5. The Kier molecular flexibility index (Phi) is 5.61. The minimum absolute atomic E-state index is 0.0510. The summed E-state index contributed by atoms with van der Waals surface area (Å²) in [6.07, 6.45) is 0. The van der Waals surface area contributed by atoms with Crippen LogP contribution in [-0.2, 0) is 26.1 Å². The molecule has 10 heteroatoms. The predicted molar refractivity (Wildman–Crippen MR) is 100 cm³/mol. The van der Waals surface area contributed by atoms with Crippen molar-refractivity contribution in [3.05, 3.63) is 58.4 Å². The molecule has 0 aliphatic rings. The monoisotopic (exact) mass is 426 g/mol. The second-order valence-electron chi connectivity index (χ2n) is 5.89. The van der Waals surface area contributed by atoms with Crippen LogP contribution in [0.5, 0.6) is 0 Å². The van der Waals surface area contributed by atoms with Crippen molar-refractivity contribution < 1.29 is 26.7 Å². The third kappa shape index (κ3) is 4.12. The summed E-state index contributed by atoms with van der Waals surface area (Å²) < 4.78 is 63.1. The lowest BCUT2D eigenvalue weighted by molar-refractivity contribution is -0.143. The molecule has 3 aromatic rings. The Labute approximate surface area is 163 Å². The number of aromatic nitrogens is 1. The Balaban J connectivity index is 2.24. The molecule has 0 atom stereocenters. The van der Waals surface area contributed by atoms with Crippen molar-refractivity contribution in [1.82, 2.24) is 4.57 Å². The first-order valence-electron chi connectivity index (χ1n) is 8.23. The molecule has 2 aromatic carbocycles. The molecule has 3 rings (SSSR count). The van der Waals surface area contributed by atoms with E-state index in [-0.39, 0.29) is 26.5 Å². The van der Waals surface area contributed by atoms with Gasteiger partial charge in [-0.15, -0.1) is 4.40 Å². The van der Waals surface area contributed by atoms with Crippen molar-refractivity contribution in [2.45, 2.75) is 25.3 Å². The van der Waals surface area contributed by atoms with Crippen molar-refractivity contribution >= 4 is 37.5 Å². The van der Waals surface area contributed by atoms with Gasteiger partial charge in [0.1, 0.15) is 12.4 Å². The molecule has 0 saturated heterocycles. The van der Waals surface area contributed by atoms with E-state index in [1.165, 1.54) is 12.1 Å². The Bertz CT molecular complexity index is 1210. The molecular weight excluding hydrogens is 410 g/mol. The summed E-state index contributed by atoms with van der Waals surface area (Å²) in [5.41, 5.74) is 0.757. The minimum atomic E-state index is -4.13. The summed E-state index contributed by atoms with van der Waals surface area (Å²) in [4.78, 5) is 11.7. The standard InChI is InChI=1S/C18H16F2N2O4S2/c1-3-26-16(23)10-22-17-14(20)8-12(19)9-15(17)27-18(22)21-28(24,25)13-6-4-11(2)5-7-13/h4-9H,3,10H2,1-2H3/b21-18-. The molecule has 0 bridgehead atoms. The fraction of sp³-hybridized carbons (Fsp3) is 0.222. The van der Waals surface area contributed by atoms with Crippen LogP contribution >= 0.6 is 11.3 Å². The van der Waals surface area contributed by atoms with E-state index in [1.807, 2.05) is 6.92 Å². The number of rotatable bonds is 5. The quantitative estimate of drug-likeness (QED) is 0.588. The van der Waals surface area contributed by atoms with Crippen LogP contribution in [0.15, 0.2) is 45.7 Å². The molecule has 0 aliphatic carbocycles. The maximum atomic E-state index is 14.4. The summed E-state index contributed by atoms with van der Waals surface area (Å²) >= 11 is 0.766. The summed E-state index contributed by atoms with van der Waals surface area (Å²) in [6.45, 7) is 3.06. The van der Waals surface area contributed by atoms with Crippen LogP contribution in [0, 0.1) is 18.6 Å². The summed E-state index contributed by atoms with van der Waals surface area (Å²) in [6, 6.07) is 7.76. The Hall–Kier alpha value is -2.59. The molecule has 148 valence electrons. The van der Waals surface area contributed by atoms with Crippen LogP contribution in [0.1, 0.15) is 12.5 Å². The van der Waals surface area contributed by atoms with Crippen molar-refractivity contribution in [1.29, 1.82) is 0 Å². The number of esters is 1. The number of carbonyl (C=O) groups is 1. The number of benzene rings is 2. The maximum absolute atomic E-state index is 14.4. The van der Waals surface area contributed by atoms with Crippen molar-refractivity contribution in [3.8, 4) is 0 Å². The van der Waals surface area contributed by atoms with Crippen LogP contribution in [-0.4, -0.2) is 25.6 Å². The molecule has 1 heterocycles. The molecule has 0 aliphatic heterocycles. The minimum Gasteiger partial charge on any atom is -0.465 e. The molecular formula is C18H16F2N2O4S2. The third-order valence-corrected chi connectivity index (χ3v) is 6.23. The topological polar surface area (TPSA) is 77.7 Å². The molecule has 0 radical (unpaired) electrons. The van der Waals surface area contributed by atoms with Gasteiger partial charge in [0.15, 0.2) is 5.82 Å². The fourth-order valence-electron chi connectivity index (χ4n) is 2.55. The number of sulfonamides is 1. The number of nitrogens with zero attached hydrogens (tertiary/aromatic N) is 2. The van der Waals surface area contributed by atoms with E-state index in [0.717, 1.165) is 27.5 Å².